The number of hydrogen-bond acceptors (Lipinski definition) is 2. The SMILES string of the molecule is CCC(NC(=O)c1ccccc1F)c1ccc(OC)cc1. The number of halogens is 1. The molecule has 0 aliphatic carbocycles. The van der Waals surface area contributed by atoms with E-state index < -0.39 is 11.7 Å². The molecule has 2 aromatic carbocycles. The number of methoxy groups -OCH3 is 1. The molecule has 1 atom stereocenters. The Bertz CT molecular complexity index is 610. The molecule has 0 heterocycles. The fraction of sp³-hybridized carbons (Fsp3) is 0.235. The van der Waals surface area contributed by atoms with E-state index in [9.17, 15) is 9.18 Å². The molecule has 2 rings (SSSR count). The Morgan fingerprint density at radius 1 is 1.19 bits per heavy atom. The summed E-state index contributed by atoms with van der Waals surface area (Å²) in [5.74, 6) is -0.163. The van der Waals surface area contributed by atoms with Crippen molar-refractivity contribution in [3.8, 4) is 5.75 Å². The Balaban J connectivity index is 2.15. The molecule has 0 saturated heterocycles. The minimum absolute atomic E-state index is 0.0597. The van der Waals surface area contributed by atoms with E-state index in [-0.39, 0.29) is 11.6 Å². The number of carbonyl (C=O) groups excluding carboxylic acids is 1. The van der Waals surface area contributed by atoms with E-state index in [2.05, 4.69) is 5.32 Å². The molecular weight excluding hydrogens is 269 g/mol. The second-order valence-corrected chi connectivity index (χ2v) is 4.69. The molecule has 4 heteroatoms. The lowest BCUT2D eigenvalue weighted by molar-refractivity contribution is 0.0931. The van der Waals surface area contributed by atoms with Crippen molar-refractivity contribution < 1.29 is 13.9 Å². The summed E-state index contributed by atoms with van der Waals surface area (Å²) >= 11 is 0. The summed E-state index contributed by atoms with van der Waals surface area (Å²) in [5, 5.41) is 2.86. The quantitative estimate of drug-likeness (QED) is 0.910. The first-order valence-electron chi connectivity index (χ1n) is 6.85. The highest BCUT2D eigenvalue weighted by atomic mass is 19.1. The van der Waals surface area contributed by atoms with Crippen LogP contribution in [0.2, 0.25) is 0 Å². The second-order valence-electron chi connectivity index (χ2n) is 4.69. The molecule has 0 saturated carbocycles. The van der Waals surface area contributed by atoms with Gasteiger partial charge in [-0.2, -0.15) is 0 Å². The van der Waals surface area contributed by atoms with Crippen molar-refractivity contribution in [2.45, 2.75) is 19.4 Å². The molecule has 0 bridgehead atoms. The molecule has 21 heavy (non-hydrogen) atoms. The molecule has 0 aliphatic heterocycles. The lowest BCUT2D eigenvalue weighted by atomic mass is 10.0. The Labute approximate surface area is 123 Å². The van der Waals surface area contributed by atoms with Crippen LogP contribution in [0.3, 0.4) is 0 Å². The van der Waals surface area contributed by atoms with E-state index in [0.29, 0.717) is 6.42 Å². The van der Waals surface area contributed by atoms with Gasteiger partial charge in [0, 0.05) is 0 Å². The van der Waals surface area contributed by atoms with Crippen LogP contribution in [0, 0.1) is 5.82 Å². The highest BCUT2D eigenvalue weighted by Crippen LogP contribution is 2.21. The van der Waals surface area contributed by atoms with Gasteiger partial charge in [-0.05, 0) is 36.2 Å². The fourth-order valence-electron chi connectivity index (χ4n) is 2.14. The number of nitrogens with one attached hydrogen (secondary N) is 1. The van der Waals surface area contributed by atoms with Crippen molar-refractivity contribution >= 4 is 5.91 Å². The van der Waals surface area contributed by atoms with Gasteiger partial charge in [-0.15, -0.1) is 0 Å². The minimum atomic E-state index is -0.514. The molecule has 0 aliphatic rings. The van der Waals surface area contributed by atoms with Crippen molar-refractivity contribution in [1.82, 2.24) is 5.32 Å². The largest absolute Gasteiger partial charge is 0.497 e. The van der Waals surface area contributed by atoms with Crippen molar-refractivity contribution in [3.63, 3.8) is 0 Å². The summed E-state index contributed by atoms with van der Waals surface area (Å²) in [6.07, 6.45) is 0.715. The number of hydrogen-bond donors (Lipinski definition) is 1. The Kier molecular flexibility index (Phi) is 4.93. The maximum Gasteiger partial charge on any atom is 0.254 e. The molecule has 1 unspecified atom stereocenters. The minimum Gasteiger partial charge on any atom is -0.497 e. The number of benzene rings is 2. The predicted octanol–water partition coefficient (Wildman–Crippen LogP) is 3.72. The molecule has 1 amide bonds. The maximum atomic E-state index is 13.6. The highest BCUT2D eigenvalue weighted by Gasteiger charge is 2.16. The Morgan fingerprint density at radius 3 is 2.43 bits per heavy atom. The zero-order chi connectivity index (χ0) is 15.2. The molecule has 0 aromatic heterocycles. The molecule has 0 fully saturated rings. The normalized spacial score (nSPS) is 11.8. The van der Waals surface area contributed by atoms with Crippen LogP contribution in [0.4, 0.5) is 4.39 Å². The molecule has 3 nitrogen and oxygen atoms in total. The molecule has 0 spiro atoms. The standard InChI is InChI=1S/C17H18FNO2/c1-3-16(12-8-10-13(21-2)11-9-12)19-17(20)14-6-4-5-7-15(14)18/h4-11,16H,3H2,1-2H3,(H,19,20). The number of amides is 1. The summed E-state index contributed by atoms with van der Waals surface area (Å²) in [5.41, 5.74) is 1.02. The van der Waals surface area contributed by atoms with Gasteiger partial charge in [0.05, 0.1) is 18.7 Å². The van der Waals surface area contributed by atoms with Gasteiger partial charge >= 0.3 is 0 Å². The van der Waals surface area contributed by atoms with Gasteiger partial charge in [-0.3, -0.25) is 4.79 Å². The van der Waals surface area contributed by atoms with Crippen LogP contribution in [0.25, 0.3) is 0 Å². The number of rotatable bonds is 5. The summed E-state index contributed by atoms with van der Waals surface area (Å²) < 4.78 is 18.7. The van der Waals surface area contributed by atoms with Crippen molar-refractivity contribution in [1.29, 1.82) is 0 Å². The van der Waals surface area contributed by atoms with Gasteiger partial charge < -0.3 is 10.1 Å². The van der Waals surface area contributed by atoms with Gasteiger partial charge in [0.25, 0.3) is 5.91 Å². The summed E-state index contributed by atoms with van der Waals surface area (Å²) in [6.45, 7) is 1.97. The third kappa shape index (κ3) is 3.60. The molecule has 0 radical (unpaired) electrons. The lowest BCUT2D eigenvalue weighted by Crippen LogP contribution is -2.28. The van der Waals surface area contributed by atoms with Gasteiger partial charge in [-0.25, -0.2) is 4.39 Å². The van der Waals surface area contributed by atoms with Gasteiger partial charge in [0.1, 0.15) is 11.6 Å². The van der Waals surface area contributed by atoms with Crippen LogP contribution in [-0.2, 0) is 0 Å². The van der Waals surface area contributed by atoms with Crippen LogP contribution in [0.15, 0.2) is 48.5 Å². The maximum absolute atomic E-state index is 13.6. The molecule has 2 aromatic rings. The van der Waals surface area contributed by atoms with Crippen LogP contribution < -0.4 is 10.1 Å². The van der Waals surface area contributed by atoms with E-state index in [1.54, 1.807) is 19.2 Å². The molecule has 110 valence electrons. The number of carbonyl (C=O) groups is 1. The van der Waals surface area contributed by atoms with Gasteiger partial charge in [-0.1, -0.05) is 31.2 Å². The predicted molar refractivity (Wildman–Crippen MR) is 79.9 cm³/mol. The third-order valence-electron chi connectivity index (χ3n) is 3.35. The van der Waals surface area contributed by atoms with Crippen molar-refractivity contribution in [2.24, 2.45) is 0 Å². The van der Waals surface area contributed by atoms with Crippen LogP contribution >= 0.6 is 0 Å². The Hall–Kier alpha value is -2.36. The highest BCUT2D eigenvalue weighted by molar-refractivity contribution is 5.94. The van der Waals surface area contributed by atoms with E-state index in [1.165, 1.54) is 12.1 Å². The summed E-state index contributed by atoms with van der Waals surface area (Å²) in [4.78, 5) is 12.2. The van der Waals surface area contributed by atoms with E-state index >= 15 is 0 Å². The van der Waals surface area contributed by atoms with Crippen LogP contribution in [0.1, 0.15) is 35.3 Å². The second kappa shape index (κ2) is 6.88. The van der Waals surface area contributed by atoms with Crippen LogP contribution in [-0.4, -0.2) is 13.0 Å². The topological polar surface area (TPSA) is 38.3 Å². The smallest absolute Gasteiger partial charge is 0.254 e. The molecule has 1 N–H and O–H groups in total. The lowest BCUT2D eigenvalue weighted by Gasteiger charge is -2.18. The molecular formula is C17H18FNO2. The zero-order valence-electron chi connectivity index (χ0n) is 12.1. The monoisotopic (exact) mass is 287 g/mol. The first-order valence-corrected chi connectivity index (χ1v) is 6.85. The van der Waals surface area contributed by atoms with Crippen molar-refractivity contribution in [2.75, 3.05) is 7.11 Å². The zero-order valence-corrected chi connectivity index (χ0v) is 12.1. The fourth-order valence-corrected chi connectivity index (χ4v) is 2.14. The average molecular weight is 287 g/mol. The number of ether oxygens (including phenoxy) is 1. The average Bonchev–Trinajstić information content (AvgIpc) is 2.53. The van der Waals surface area contributed by atoms with Crippen molar-refractivity contribution in [3.05, 3.63) is 65.5 Å². The van der Waals surface area contributed by atoms with Gasteiger partial charge in [0.2, 0.25) is 0 Å². The van der Waals surface area contributed by atoms with Gasteiger partial charge in [0.15, 0.2) is 0 Å². The first-order chi connectivity index (χ1) is 10.2. The summed E-state index contributed by atoms with van der Waals surface area (Å²) in [7, 11) is 1.60. The Morgan fingerprint density at radius 2 is 1.86 bits per heavy atom. The third-order valence-corrected chi connectivity index (χ3v) is 3.35. The van der Waals surface area contributed by atoms with Crippen LogP contribution in [0.5, 0.6) is 5.75 Å². The summed E-state index contributed by atoms with van der Waals surface area (Å²) in [6, 6.07) is 13.3. The first kappa shape index (κ1) is 15.0. The van der Waals surface area contributed by atoms with E-state index in [4.69, 9.17) is 4.74 Å². The van der Waals surface area contributed by atoms with E-state index in [1.807, 2.05) is 31.2 Å². The van der Waals surface area contributed by atoms with E-state index in [0.717, 1.165) is 11.3 Å².